The summed E-state index contributed by atoms with van der Waals surface area (Å²) in [4.78, 5) is 14.8. The Morgan fingerprint density at radius 2 is 1.77 bits per heavy atom. The minimum absolute atomic E-state index is 0.0243. The number of amides is 1. The van der Waals surface area contributed by atoms with Crippen molar-refractivity contribution in [3.8, 4) is 0 Å². The first-order valence-electron chi connectivity index (χ1n) is 7.94. The number of carbonyl (C=O) groups is 1. The van der Waals surface area contributed by atoms with Gasteiger partial charge in [-0.3, -0.25) is 9.69 Å². The van der Waals surface area contributed by atoms with Crippen LogP contribution in [0.2, 0.25) is 5.02 Å². The van der Waals surface area contributed by atoms with Crippen molar-refractivity contribution in [2.24, 2.45) is 0 Å². The maximum Gasteiger partial charge on any atom is 0.262 e. The highest BCUT2D eigenvalue weighted by Crippen LogP contribution is 2.37. The number of halogens is 3. The first-order valence-corrected chi connectivity index (χ1v) is 9.11. The summed E-state index contributed by atoms with van der Waals surface area (Å²) in [5, 5.41) is 3.37. The predicted molar refractivity (Wildman–Crippen MR) is 105 cm³/mol. The zero-order valence-electron chi connectivity index (χ0n) is 13.4. The molecule has 26 heavy (non-hydrogen) atoms. The van der Waals surface area contributed by atoms with Gasteiger partial charge in [0, 0.05) is 15.8 Å². The number of hydrogen-bond acceptors (Lipinski definition) is 2. The van der Waals surface area contributed by atoms with E-state index in [0.717, 1.165) is 15.7 Å². The van der Waals surface area contributed by atoms with Crippen LogP contribution in [0, 0.1) is 5.82 Å². The molecule has 0 saturated carbocycles. The number of benzene rings is 3. The van der Waals surface area contributed by atoms with Gasteiger partial charge in [-0.25, -0.2) is 4.39 Å². The molecule has 0 spiro atoms. The molecule has 0 fully saturated rings. The first-order chi connectivity index (χ1) is 12.5. The monoisotopic (exact) mass is 430 g/mol. The lowest BCUT2D eigenvalue weighted by molar-refractivity contribution is 0.0975. The molecule has 4 rings (SSSR count). The summed E-state index contributed by atoms with van der Waals surface area (Å²) in [5.74, 6) is -0.691. The van der Waals surface area contributed by atoms with Gasteiger partial charge in [0.05, 0.1) is 10.6 Å². The Kier molecular flexibility index (Phi) is 4.42. The van der Waals surface area contributed by atoms with E-state index in [0.29, 0.717) is 11.3 Å². The molecule has 1 aliphatic rings. The Bertz CT molecular complexity index is 993. The fraction of sp³-hybridized carbons (Fsp3) is 0.0500. The second kappa shape index (κ2) is 6.74. The van der Waals surface area contributed by atoms with E-state index in [9.17, 15) is 9.18 Å². The Morgan fingerprint density at radius 1 is 1.04 bits per heavy atom. The molecule has 0 aromatic heterocycles. The van der Waals surface area contributed by atoms with Gasteiger partial charge in [-0.15, -0.1) is 0 Å². The highest BCUT2D eigenvalue weighted by Gasteiger charge is 2.34. The molecule has 1 amide bonds. The molecule has 0 aliphatic carbocycles. The Balaban J connectivity index is 1.87. The summed E-state index contributed by atoms with van der Waals surface area (Å²) in [5.41, 5.74) is 2.74. The van der Waals surface area contributed by atoms with Crippen LogP contribution in [0.3, 0.4) is 0 Å². The number of rotatable bonds is 2. The maximum absolute atomic E-state index is 13.6. The lowest BCUT2D eigenvalue weighted by atomic mass is 10.0. The van der Waals surface area contributed by atoms with E-state index < -0.39 is 12.0 Å². The van der Waals surface area contributed by atoms with Crippen LogP contribution in [0.1, 0.15) is 22.1 Å². The van der Waals surface area contributed by atoms with Crippen LogP contribution in [0.25, 0.3) is 0 Å². The molecular formula is C20H13BrClFN2O. The third kappa shape index (κ3) is 2.97. The van der Waals surface area contributed by atoms with Crippen LogP contribution in [-0.4, -0.2) is 5.91 Å². The van der Waals surface area contributed by atoms with E-state index in [1.54, 1.807) is 17.0 Å². The van der Waals surface area contributed by atoms with Gasteiger partial charge in [0.2, 0.25) is 0 Å². The molecule has 1 aliphatic heterocycles. The number of fused-ring (bicyclic) bond motifs is 1. The molecule has 1 N–H and O–H groups in total. The summed E-state index contributed by atoms with van der Waals surface area (Å²) in [7, 11) is 0. The average molecular weight is 432 g/mol. The second-order valence-corrected chi connectivity index (χ2v) is 7.24. The lowest BCUT2D eigenvalue weighted by Gasteiger charge is -2.38. The molecule has 1 heterocycles. The van der Waals surface area contributed by atoms with Gasteiger partial charge < -0.3 is 5.32 Å². The summed E-state index contributed by atoms with van der Waals surface area (Å²) in [6, 6.07) is 19.3. The van der Waals surface area contributed by atoms with Crippen LogP contribution in [0.4, 0.5) is 15.8 Å². The number of nitrogens with zero attached hydrogens (tertiary/aromatic N) is 1. The van der Waals surface area contributed by atoms with Crippen LogP contribution >= 0.6 is 27.5 Å². The van der Waals surface area contributed by atoms with E-state index in [2.05, 4.69) is 21.2 Å². The molecule has 0 unspecified atom stereocenters. The highest BCUT2D eigenvalue weighted by molar-refractivity contribution is 9.10. The van der Waals surface area contributed by atoms with Gasteiger partial charge in [0.25, 0.3) is 5.91 Å². The number of anilines is 2. The Hall–Kier alpha value is -2.37. The highest BCUT2D eigenvalue weighted by atomic mass is 79.9. The largest absolute Gasteiger partial charge is 0.360 e. The molecule has 6 heteroatoms. The maximum atomic E-state index is 13.6. The zero-order chi connectivity index (χ0) is 18.3. The predicted octanol–water partition coefficient (Wildman–Crippen LogP) is 6.01. The van der Waals surface area contributed by atoms with Crippen LogP contribution in [0.5, 0.6) is 0 Å². The molecule has 3 aromatic carbocycles. The number of nitrogens with one attached hydrogen (secondary N) is 1. The summed E-state index contributed by atoms with van der Waals surface area (Å²) in [6.07, 6.45) is -0.438. The van der Waals surface area contributed by atoms with E-state index >= 15 is 0 Å². The fourth-order valence-electron chi connectivity index (χ4n) is 3.03. The summed E-state index contributed by atoms with van der Waals surface area (Å²) in [6.45, 7) is 0. The molecule has 1 atom stereocenters. The molecule has 0 saturated heterocycles. The van der Waals surface area contributed by atoms with E-state index in [1.807, 2.05) is 42.5 Å². The van der Waals surface area contributed by atoms with Crippen LogP contribution in [0.15, 0.2) is 71.2 Å². The van der Waals surface area contributed by atoms with Gasteiger partial charge in [0.15, 0.2) is 0 Å². The van der Waals surface area contributed by atoms with Crippen molar-refractivity contribution in [3.63, 3.8) is 0 Å². The average Bonchev–Trinajstić information content (AvgIpc) is 2.65. The zero-order valence-corrected chi connectivity index (χ0v) is 15.8. The molecule has 0 bridgehead atoms. The summed E-state index contributed by atoms with van der Waals surface area (Å²) < 4.78 is 14.6. The van der Waals surface area contributed by atoms with Gasteiger partial charge in [-0.2, -0.15) is 0 Å². The van der Waals surface area contributed by atoms with Crippen molar-refractivity contribution < 1.29 is 9.18 Å². The van der Waals surface area contributed by atoms with Crippen molar-refractivity contribution in [3.05, 3.63) is 93.2 Å². The lowest BCUT2D eigenvalue weighted by Crippen LogP contribution is -2.43. The summed E-state index contributed by atoms with van der Waals surface area (Å²) >= 11 is 9.38. The molecule has 0 radical (unpaired) electrons. The SMILES string of the molecule is O=C1c2ccccc2N[C@H](c2ccc(Br)cc2)N1c1ccc(F)c(Cl)c1. The molecule has 3 nitrogen and oxygen atoms in total. The fourth-order valence-corrected chi connectivity index (χ4v) is 3.47. The topological polar surface area (TPSA) is 32.3 Å². The van der Waals surface area contributed by atoms with Crippen molar-refractivity contribution in [2.75, 3.05) is 10.2 Å². The van der Waals surface area contributed by atoms with Gasteiger partial charge in [-0.05, 0) is 48.0 Å². The molecular weight excluding hydrogens is 419 g/mol. The van der Waals surface area contributed by atoms with Gasteiger partial charge in [-0.1, -0.05) is 51.8 Å². The molecule has 130 valence electrons. The first kappa shape index (κ1) is 17.1. The van der Waals surface area contributed by atoms with Gasteiger partial charge in [0.1, 0.15) is 12.0 Å². The second-order valence-electron chi connectivity index (χ2n) is 5.92. The molecule has 3 aromatic rings. The van der Waals surface area contributed by atoms with Crippen molar-refractivity contribution in [1.29, 1.82) is 0 Å². The third-order valence-corrected chi connectivity index (χ3v) is 5.11. The van der Waals surface area contributed by atoms with Crippen molar-refractivity contribution in [1.82, 2.24) is 0 Å². The smallest absolute Gasteiger partial charge is 0.262 e. The minimum Gasteiger partial charge on any atom is -0.360 e. The standard InChI is InChI=1S/C20H13BrClFN2O/c21-13-7-5-12(6-8-13)19-24-18-4-2-1-3-15(18)20(26)25(19)14-9-10-17(23)16(22)11-14/h1-11,19,24H/t19-/m0/s1. The number of carbonyl (C=O) groups excluding carboxylic acids is 1. The number of hydrogen-bond donors (Lipinski definition) is 1. The van der Waals surface area contributed by atoms with Crippen molar-refractivity contribution >= 4 is 44.8 Å². The Labute approximate surface area is 163 Å². The number of para-hydroxylation sites is 1. The van der Waals surface area contributed by atoms with Crippen LogP contribution in [-0.2, 0) is 0 Å². The van der Waals surface area contributed by atoms with E-state index in [1.165, 1.54) is 12.1 Å². The van der Waals surface area contributed by atoms with E-state index in [-0.39, 0.29) is 10.9 Å². The third-order valence-electron chi connectivity index (χ3n) is 4.29. The van der Waals surface area contributed by atoms with Crippen LogP contribution < -0.4 is 10.2 Å². The Morgan fingerprint density at radius 3 is 2.50 bits per heavy atom. The normalized spacial score (nSPS) is 16.2. The van der Waals surface area contributed by atoms with Gasteiger partial charge >= 0.3 is 0 Å². The quantitative estimate of drug-likeness (QED) is 0.539. The van der Waals surface area contributed by atoms with E-state index in [4.69, 9.17) is 11.6 Å². The van der Waals surface area contributed by atoms with Crippen molar-refractivity contribution in [2.45, 2.75) is 6.17 Å². The minimum atomic E-state index is -0.520.